The lowest BCUT2D eigenvalue weighted by Crippen LogP contribution is -2.65. The third kappa shape index (κ3) is 1.95. The molecule has 2 aromatic carbocycles. The highest BCUT2D eigenvalue weighted by molar-refractivity contribution is 6.57. The molecule has 0 radical (unpaired) electrons. The van der Waals surface area contributed by atoms with Gasteiger partial charge in [-0.05, 0) is 5.46 Å². The highest BCUT2D eigenvalue weighted by atomic mass is 16.3. The van der Waals surface area contributed by atoms with Crippen molar-refractivity contribution in [1.82, 2.24) is 5.32 Å². The third-order valence-corrected chi connectivity index (χ3v) is 5.77. The van der Waals surface area contributed by atoms with Crippen LogP contribution >= 0.6 is 0 Å². The Hall–Kier alpha value is -3.14. The van der Waals surface area contributed by atoms with Crippen molar-refractivity contribution in [2.75, 3.05) is 4.90 Å². The Labute approximate surface area is 161 Å². The van der Waals surface area contributed by atoms with Gasteiger partial charge in [0.15, 0.2) is 11.5 Å². The maximum Gasteiger partial charge on any atom is 0.280 e. The number of carbonyl (C=O) groups is 3. The Balaban J connectivity index is 2.13. The first-order valence-corrected chi connectivity index (χ1v) is 8.63. The molecule has 0 spiro atoms. The molecule has 1 unspecified atom stereocenters. The number of amides is 3. The lowest BCUT2D eigenvalue weighted by molar-refractivity contribution is -0.149. The van der Waals surface area contributed by atoms with Gasteiger partial charge in [-0.15, -0.1) is 0 Å². The predicted octanol–water partition coefficient (Wildman–Crippen LogP) is -5.18. The molecule has 0 bridgehead atoms. The number of phenolic OH excluding ortho intramolecular Hbond substituents is 3. The molecule has 28 heavy (non-hydrogen) atoms. The number of anilines is 1. The first-order chi connectivity index (χ1) is 13.0. The molecule has 2 aliphatic heterocycles. The molecule has 0 saturated carbocycles. The number of aliphatic hydroxyl groups is 1. The Kier molecular flexibility index (Phi) is 3.55. The Morgan fingerprint density at radius 2 is 1.54 bits per heavy atom. The molecule has 2 aliphatic rings. The standard InChI is InChI=1S/C16H15B3N2O7/c17-7-5-4-6(12(24)13(7)25)11(23)9(19)8(18)10(4)21(14(5)26)16(28)2-1-3(22)20-15(16)27/h23-25,28H,1-2,17-19H2,(H,20,22,27). The number of benzene rings is 2. The molecule has 140 valence electrons. The van der Waals surface area contributed by atoms with Gasteiger partial charge in [-0.2, -0.15) is 0 Å². The number of phenols is 3. The molecule has 9 nitrogen and oxygen atoms in total. The minimum atomic E-state index is -2.33. The van der Waals surface area contributed by atoms with Crippen molar-refractivity contribution in [3.05, 3.63) is 5.56 Å². The van der Waals surface area contributed by atoms with E-state index in [0.717, 1.165) is 4.90 Å². The van der Waals surface area contributed by atoms with Gasteiger partial charge in [0.05, 0.1) is 5.39 Å². The molecule has 2 aromatic rings. The van der Waals surface area contributed by atoms with E-state index in [9.17, 15) is 34.8 Å². The normalized spacial score (nSPS) is 21.5. The molecular weight excluding hydrogens is 365 g/mol. The Bertz CT molecular complexity index is 1140. The Morgan fingerprint density at radius 1 is 0.893 bits per heavy atom. The summed E-state index contributed by atoms with van der Waals surface area (Å²) in [6, 6.07) is 0. The predicted molar refractivity (Wildman–Crippen MR) is 108 cm³/mol. The number of imide groups is 1. The summed E-state index contributed by atoms with van der Waals surface area (Å²) in [7, 11) is 4.57. The number of piperidine rings is 1. The summed E-state index contributed by atoms with van der Waals surface area (Å²) < 4.78 is 0. The summed E-state index contributed by atoms with van der Waals surface area (Å²) in [6.45, 7) is 0. The van der Waals surface area contributed by atoms with Crippen LogP contribution in [0, 0.1) is 0 Å². The first-order valence-electron chi connectivity index (χ1n) is 8.63. The van der Waals surface area contributed by atoms with Crippen molar-refractivity contribution in [3.8, 4) is 17.2 Å². The molecule has 5 N–H and O–H groups in total. The molecule has 2 heterocycles. The SMILES string of the molecule is Bc1c(B)c2c3c(c(B)c(O)c(O)c3c1O)C(=O)N2C1(O)CCC(=O)NC1=O. The van der Waals surface area contributed by atoms with Gasteiger partial charge in [-0.25, -0.2) is 0 Å². The van der Waals surface area contributed by atoms with Gasteiger partial charge in [0, 0.05) is 29.5 Å². The largest absolute Gasteiger partial charge is 0.508 e. The Morgan fingerprint density at radius 3 is 2.14 bits per heavy atom. The molecular formula is C16H15B3N2O7. The quantitative estimate of drug-likeness (QED) is 0.189. The maximum atomic E-state index is 13.3. The number of nitrogens with zero attached hydrogens (tertiary/aromatic N) is 1. The van der Waals surface area contributed by atoms with Crippen LogP contribution in [0.2, 0.25) is 0 Å². The van der Waals surface area contributed by atoms with E-state index in [-0.39, 0.29) is 46.1 Å². The topological polar surface area (TPSA) is 147 Å². The van der Waals surface area contributed by atoms with E-state index in [4.69, 9.17) is 0 Å². The van der Waals surface area contributed by atoms with Gasteiger partial charge in [-0.3, -0.25) is 24.6 Å². The van der Waals surface area contributed by atoms with Crippen LogP contribution in [0.25, 0.3) is 10.8 Å². The maximum absolute atomic E-state index is 13.3. The van der Waals surface area contributed by atoms with E-state index in [1.165, 1.54) is 7.85 Å². The van der Waals surface area contributed by atoms with E-state index in [2.05, 4.69) is 0 Å². The molecule has 3 amide bonds. The van der Waals surface area contributed by atoms with Crippen molar-refractivity contribution in [3.63, 3.8) is 0 Å². The smallest absolute Gasteiger partial charge is 0.280 e. The average molecular weight is 380 g/mol. The zero-order chi connectivity index (χ0) is 20.7. The second kappa shape index (κ2) is 5.45. The number of carbonyl (C=O) groups excluding carboxylic acids is 3. The fraction of sp³-hybridized carbons (Fsp3) is 0.188. The second-order valence-electron chi connectivity index (χ2n) is 7.23. The van der Waals surface area contributed by atoms with E-state index >= 15 is 0 Å². The summed E-state index contributed by atoms with van der Waals surface area (Å²) in [5.74, 6) is -3.84. The van der Waals surface area contributed by atoms with Crippen molar-refractivity contribution < 1.29 is 34.8 Å². The zero-order valence-electron chi connectivity index (χ0n) is 15.4. The van der Waals surface area contributed by atoms with Crippen LogP contribution in [0.1, 0.15) is 23.2 Å². The van der Waals surface area contributed by atoms with Gasteiger partial charge < -0.3 is 20.4 Å². The van der Waals surface area contributed by atoms with Crippen molar-refractivity contribution in [2.45, 2.75) is 18.6 Å². The number of aromatic hydroxyl groups is 3. The molecule has 1 atom stereocenters. The fourth-order valence-electron chi connectivity index (χ4n) is 4.06. The van der Waals surface area contributed by atoms with Crippen LogP contribution in [0.3, 0.4) is 0 Å². The summed E-state index contributed by atoms with van der Waals surface area (Å²) >= 11 is 0. The second-order valence-corrected chi connectivity index (χ2v) is 7.23. The van der Waals surface area contributed by atoms with E-state index in [1.807, 2.05) is 5.32 Å². The molecule has 1 fully saturated rings. The minimum Gasteiger partial charge on any atom is -0.508 e. The number of hydrogen-bond acceptors (Lipinski definition) is 7. The fourth-order valence-corrected chi connectivity index (χ4v) is 4.06. The first kappa shape index (κ1) is 18.2. The molecule has 4 rings (SSSR count). The highest BCUT2D eigenvalue weighted by Gasteiger charge is 2.53. The van der Waals surface area contributed by atoms with Gasteiger partial charge in [0.25, 0.3) is 11.8 Å². The van der Waals surface area contributed by atoms with E-state index in [0.29, 0.717) is 10.9 Å². The van der Waals surface area contributed by atoms with Gasteiger partial charge in [0.2, 0.25) is 11.6 Å². The van der Waals surface area contributed by atoms with Crippen LogP contribution in [-0.4, -0.2) is 67.4 Å². The number of nitrogens with one attached hydrogen (secondary N) is 1. The van der Waals surface area contributed by atoms with Gasteiger partial charge in [-0.1, -0.05) is 10.9 Å². The van der Waals surface area contributed by atoms with Crippen LogP contribution in [0.4, 0.5) is 5.69 Å². The third-order valence-electron chi connectivity index (χ3n) is 5.77. The average Bonchev–Trinajstić information content (AvgIpc) is 2.95. The lowest BCUT2D eigenvalue weighted by Gasteiger charge is -2.39. The summed E-state index contributed by atoms with van der Waals surface area (Å²) in [5, 5.41) is 44.4. The summed E-state index contributed by atoms with van der Waals surface area (Å²) in [4.78, 5) is 38.2. The summed E-state index contributed by atoms with van der Waals surface area (Å²) in [5.41, 5.74) is -1.44. The van der Waals surface area contributed by atoms with E-state index < -0.39 is 34.9 Å². The molecule has 0 aliphatic carbocycles. The van der Waals surface area contributed by atoms with Gasteiger partial charge >= 0.3 is 0 Å². The van der Waals surface area contributed by atoms with Gasteiger partial charge in [0.1, 0.15) is 29.3 Å². The van der Waals surface area contributed by atoms with Crippen LogP contribution in [0.15, 0.2) is 0 Å². The molecule has 12 heteroatoms. The van der Waals surface area contributed by atoms with Crippen molar-refractivity contribution in [1.29, 1.82) is 0 Å². The number of rotatable bonds is 1. The molecule has 1 saturated heterocycles. The monoisotopic (exact) mass is 380 g/mol. The van der Waals surface area contributed by atoms with Crippen LogP contribution < -0.4 is 26.6 Å². The van der Waals surface area contributed by atoms with Crippen molar-refractivity contribution >= 4 is 74.1 Å². The van der Waals surface area contributed by atoms with Crippen LogP contribution in [-0.2, 0) is 9.59 Å². The van der Waals surface area contributed by atoms with E-state index in [1.54, 1.807) is 15.7 Å². The van der Waals surface area contributed by atoms with Crippen LogP contribution in [0.5, 0.6) is 17.2 Å². The zero-order valence-corrected chi connectivity index (χ0v) is 15.4. The minimum absolute atomic E-state index is 0.0307. The molecule has 0 aromatic heterocycles. The highest BCUT2D eigenvalue weighted by Crippen LogP contribution is 2.48. The number of hydrogen-bond donors (Lipinski definition) is 5. The lowest BCUT2D eigenvalue weighted by atomic mass is 9.75. The summed E-state index contributed by atoms with van der Waals surface area (Å²) in [6.07, 6.45) is -0.480. The van der Waals surface area contributed by atoms with Crippen molar-refractivity contribution in [2.24, 2.45) is 0 Å².